The monoisotopic (exact) mass is 298 g/mol. The molecule has 0 radical (unpaired) electrons. The van der Waals surface area contributed by atoms with Gasteiger partial charge < -0.3 is 16.4 Å². The van der Waals surface area contributed by atoms with Gasteiger partial charge in [-0.3, -0.25) is 9.69 Å². The fraction of sp³-hybridized carbons (Fsp3) is 0.353. The Morgan fingerprint density at radius 2 is 1.91 bits per heavy atom. The van der Waals surface area contributed by atoms with Crippen LogP contribution in [0.4, 0.5) is 11.4 Å². The van der Waals surface area contributed by atoms with E-state index in [2.05, 4.69) is 0 Å². The summed E-state index contributed by atoms with van der Waals surface area (Å²) in [6.45, 7) is 0.846. The van der Waals surface area contributed by atoms with E-state index in [4.69, 9.17) is 11.5 Å². The van der Waals surface area contributed by atoms with Gasteiger partial charge in [-0.15, -0.1) is 0 Å². The number of fused-ring (bicyclic) bond motifs is 1. The molecule has 1 unspecified atom stereocenters. The number of likely N-dealkylation sites (N-methyl/N-ethyl adjacent to an activating group) is 2. The molecule has 0 aromatic heterocycles. The van der Waals surface area contributed by atoms with Crippen molar-refractivity contribution < 1.29 is 4.79 Å². The van der Waals surface area contributed by atoms with E-state index in [-0.39, 0.29) is 5.91 Å². The third-order valence-electron chi connectivity index (χ3n) is 4.70. The zero-order valence-corrected chi connectivity index (χ0v) is 13.0. The van der Waals surface area contributed by atoms with Crippen LogP contribution in [0.5, 0.6) is 0 Å². The van der Waals surface area contributed by atoms with E-state index < -0.39 is 5.66 Å². The fourth-order valence-corrected chi connectivity index (χ4v) is 3.25. The molecule has 1 saturated heterocycles. The van der Waals surface area contributed by atoms with Gasteiger partial charge in [0.05, 0.1) is 5.69 Å². The van der Waals surface area contributed by atoms with Gasteiger partial charge in [0.25, 0.3) is 5.91 Å². The molecule has 116 valence electrons. The maximum absolute atomic E-state index is 12.9. The van der Waals surface area contributed by atoms with Crippen LogP contribution in [0.25, 0.3) is 10.8 Å². The lowest BCUT2D eigenvalue weighted by Gasteiger charge is -2.34. The van der Waals surface area contributed by atoms with Gasteiger partial charge >= 0.3 is 0 Å². The lowest BCUT2D eigenvalue weighted by atomic mass is 10.0. The van der Waals surface area contributed by atoms with Crippen molar-refractivity contribution in [1.82, 2.24) is 4.90 Å². The van der Waals surface area contributed by atoms with Crippen molar-refractivity contribution in [3.8, 4) is 0 Å². The highest BCUT2D eigenvalue weighted by atomic mass is 16.2. The van der Waals surface area contributed by atoms with Crippen molar-refractivity contribution in [2.75, 3.05) is 31.3 Å². The molecule has 1 atom stereocenters. The topological polar surface area (TPSA) is 75.6 Å². The van der Waals surface area contributed by atoms with Gasteiger partial charge in [-0.2, -0.15) is 0 Å². The molecule has 0 bridgehead atoms. The molecule has 1 aliphatic heterocycles. The largest absolute Gasteiger partial charge is 0.398 e. The van der Waals surface area contributed by atoms with Gasteiger partial charge in [-0.25, -0.2) is 0 Å². The normalized spacial score (nSPS) is 22.1. The number of anilines is 2. The molecule has 3 rings (SSSR count). The Labute approximate surface area is 130 Å². The first-order valence-corrected chi connectivity index (χ1v) is 7.50. The maximum Gasteiger partial charge on any atom is 0.261 e. The second-order valence-corrected chi connectivity index (χ2v) is 6.03. The molecule has 22 heavy (non-hydrogen) atoms. The Morgan fingerprint density at radius 1 is 1.23 bits per heavy atom. The third-order valence-corrected chi connectivity index (χ3v) is 4.70. The molecule has 1 amide bonds. The number of carbonyl (C=O) groups excluding carboxylic acids is 1. The molecule has 1 heterocycles. The Hall–Kier alpha value is -2.11. The van der Waals surface area contributed by atoms with Crippen LogP contribution in [0, 0.1) is 0 Å². The number of nitrogens with two attached hydrogens (primary N) is 2. The van der Waals surface area contributed by atoms with Crippen LogP contribution in [0.3, 0.4) is 0 Å². The van der Waals surface area contributed by atoms with E-state index in [0.717, 1.165) is 29.4 Å². The molecular formula is C17H22N4O. The quantitative estimate of drug-likeness (QED) is 0.829. The lowest BCUT2D eigenvalue weighted by Crippen LogP contribution is -2.61. The van der Waals surface area contributed by atoms with Crippen molar-refractivity contribution >= 4 is 28.1 Å². The predicted molar refractivity (Wildman–Crippen MR) is 90.6 cm³/mol. The van der Waals surface area contributed by atoms with Crippen LogP contribution in [-0.2, 0) is 4.79 Å². The summed E-state index contributed by atoms with van der Waals surface area (Å²) in [5.74, 6) is -0.0811. The van der Waals surface area contributed by atoms with Gasteiger partial charge in [0.15, 0.2) is 5.66 Å². The van der Waals surface area contributed by atoms with Gasteiger partial charge in [0.2, 0.25) is 0 Å². The number of rotatable bonds is 2. The average molecular weight is 298 g/mol. The summed E-state index contributed by atoms with van der Waals surface area (Å²) in [5.41, 5.74) is 13.0. The predicted octanol–water partition coefficient (Wildman–Crippen LogP) is 1.77. The Morgan fingerprint density at radius 3 is 2.55 bits per heavy atom. The highest BCUT2D eigenvalue weighted by Gasteiger charge is 2.43. The number of likely N-dealkylation sites (tertiary alicyclic amines) is 1. The molecule has 0 saturated carbocycles. The van der Waals surface area contributed by atoms with Crippen molar-refractivity contribution in [2.24, 2.45) is 5.73 Å². The summed E-state index contributed by atoms with van der Waals surface area (Å²) >= 11 is 0. The van der Waals surface area contributed by atoms with Crippen LogP contribution in [0.1, 0.15) is 12.8 Å². The highest BCUT2D eigenvalue weighted by molar-refractivity contribution is 6.09. The third kappa shape index (κ3) is 2.14. The molecule has 5 heteroatoms. The van der Waals surface area contributed by atoms with E-state index in [0.29, 0.717) is 12.1 Å². The summed E-state index contributed by atoms with van der Waals surface area (Å²) in [5, 5.41) is 1.91. The molecule has 0 spiro atoms. The van der Waals surface area contributed by atoms with Crippen LogP contribution in [0.15, 0.2) is 36.4 Å². The number of hydrogen-bond acceptors (Lipinski definition) is 4. The minimum Gasteiger partial charge on any atom is -0.398 e. The summed E-state index contributed by atoms with van der Waals surface area (Å²) in [6, 6.07) is 11.6. The minimum absolute atomic E-state index is 0.0811. The van der Waals surface area contributed by atoms with Gasteiger partial charge in [0.1, 0.15) is 0 Å². The summed E-state index contributed by atoms with van der Waals surface area (Å²) in [6.07, 6.45) is 1.62. The molecule has 2 aromatic rings. The van der Waals surface area contributed by atoms with E-state index in [1.165, 1.54) is 0 Å². The zero-order valence-electron chi connectivity index (χ0n) is 13.0. The smallest absolute Gasteiger partial charge is 0.261 e. The van der Waals surface area contributed by atoms with Gasteiger partial charge in [-0.05, 0) is 32.0 Å². The number of amides is 1. The van der Waals surface area contributed by atoms with Crippen LogP contribution in [0.2, 0.25) is 0 Å². The van der Waals surface area contributed by atoms with E-state index in [9.17, 15) is 4.79 Å². The maximum atomic E-state index is 12.9. The molecule has 0 aliphatic carbocycles. The van der Waals surface area contributed by atoms with Crippen molar-refractivity contribution in [1.29, 1.82) is 0 Å². The number of nitrogens with zero attached hydrogens (tertiary/aromatic N) is 2. The van der Waals surface area contributed by atoms with E-state index >= 15 is 0 Å². The Kier molecular flexibility index (Phi) is 3.54. The molecule has 1 aliphatic rings. The molecule has 5 nitrogen and oxygen atoms in total. The molecule has 1 fully saturated rings. The van der Waals surface area contributed by atoms with Crippen LogP contribution >= 0.6 is 0 Å². The van der Waals surface area contributed by atoms with Crippen LogP contribution in [-0.4, -0.2) is 37.1 Å². The van der Waals surface area contributed by atoms with Crippen molar-refractivity contribution in [2.45, 2.75) is 18.5 Å². The molecular weight excluding hydrogens is 276 g/mol. The fourth-order valence-electron chi connectivity index (χ4n) is 3.25. The Bertz CT molecular complexity index is 730. The standard InChI is InChI=1S/C17H22N4O/c1-20-11-5-10-17(20,19)16(22)21(2)15-9-8-14(18)12-6-3-4-7-13(12)15/h3-4,6-9H,5,10-11,18-19H2,1-2H3. The summed E-state index contributed by atoms with van der Waals surface area (Å²) in [4.78, 5) is 16.5. The van der Waals surface area contributed by atoms with Gasteiger partial charge in [-0.1, -0.05) is 24.3 Å². The minimum atomic E-state index is -0.919. The summed E-state index contributed by atoms with van der Waals surface area (Å²) in [7, 11) is 3.68. The number of benzene rings is 2. The average Bonchev–Trinajstić information content (AvgIpc) is 2.87. The highest BCUT2D eigenvalue weighted by Crippen LogP contribution is 2.33. The number of nitrogen functional groups attached to an aromatic ring is 1. The van der Waals surface area contributed by atoms with E-state index in [1.54, 1.807) is 11.9 Å². The number of hydrogen-bond donors (Lipinski definition) is 2. The SMILES string of the molecule is CN(C(=O)C1(N)CCCN1C)c1ccc(N)c2ccccc12. The van der Waals surface area contributed by atoms with Crippen molar-refractivity contribution in [3.63, 3.8) is 0 Å². The lowest BCUT2D eigenvalue weighted by molar-refractivity contribution is -0.127. The Balaban J connectivity index is 2.04. The second-order valence-electron chi connectivity index (χ2n) is 6.03. The van der Waals surface area contributed by atoms with Crippen LogP contribution < -0.4 is 16.4 Å². The van der Waals surface area contributed by atoms with Crippen molar-refractivity contribution in [3.05, 3.63) is 36.4 Å². The van der Waals surface area contributed by atoms with Gasteiger partial charge in [0, 0.05) is 30.1 Å². The molecule has 4 N–H and O–H groups in total. The first-order valence-electron chi connectivity index (χ1n) is 7.50. The first kappa shape index (κ1) is 14.8. The first-order chi connectivity index (χ1) is 10.4. The van der Waals surface area contributed by atoms with E-state index in [1.807, 2.05) is 48.3 Å². The molecule has 2 aromatic carbocycles. The zero-order chi connectivity index (χ0) is 15.9. The number of carbonyl (C=O) groups is 1. The summed E-state index contributed by atoms with van der Waals surface area (Å²) < 4.78 is 0. The second kappa shape index (κ2) is 5.26.